The van der Waals surface area contributed by atoms with Crippen LogP contribution in [0.25, 0.3) is 0 Å². The van der Waals surface area contributed by atoms with Crippen LogP contribution in [0, 0.1) is 0 Å². The topological polar surface area (TPSA) is 63.6 Å². The van der Waals surface area contributed by atoms with Crippen molar-refractivity contribution >= 4 is 11.9 Å². The Hall–Kier alpha value is -1.58. The van der Waals surface area contributed by atoms with Gasteiger partial charge < -0.3 is 9.84 Å². The molecule has 114 valence electrons. The average molecular weight is 282 g/mol. The van der Waals surface area contributed by atoms with Crippen LogP contribution in [0.15, 0.2) is 23.3 Å². The van der Waals surface area contributed by atoms with E-state index in [2.05, 4.69) is 6.92 Å². The monoisotopic (exact) mass is 282 g/mol. The molecule has 0 atom stereocenters. The molecule has 0 aliphatic carbocycles. The van der Waals surface area contributed by atoms with Crippen LogP contribution in [0.5, 0.6) is 0 Å². The van der Waals surface area contributed by atoms with Gasteiger partial charge in [-0.15, -0.1) is 0 Å². The fourth-order valence-electron chi connectivity index (χ4n) is 1.55. The Bertz CT molecular complexity index is 367. The highest BCUT2D eigenvalue weighted by molar-refractivity contribution is 5.89. The fourth-order valence-corrected chi connectivity index (χ4v) is 1.55. The van der Waals surface area contributed by atoms with E-state index in [4.69, 9.17) is 9.84 Å². The molecule has 0 amide bonds. The van der Waals surface area contributed by atoms with Gasteiger partial charge in [0.1, 0.15) is 0 Å². The first-order valence-electron chi connectivity index (χ1n) is 7.24. The Balaban J connectivity index is 3.89. The van der Waals surface area contributed by atoms with Gasteiger partial charge in [0, 0.05) is 11.1 Å². The van der Waals surface area contributed by atoms with Crippen molar-refractivity contribution in [1.29, 1.82) is 0 Å². The van der Waals surface area contributed by atoms with E-state index in [9.17, 15) is 9.59 Å². The van der Waals surface area contributed by atoms with Crippen LogP contribution < -0.4 is 0 Å². The van der Waals surface area contributed by atoms with Crippen molar-refractivity contribution in [1.82, 2.24) is 0 Å². The first kappa shape index (κ1) is 18.4. The summed E-state index contributed by atoms with van der Waals surface area (Å²) in [6.45, 7) is 5.71. The number of hydrogen-bond acceptors (Lipinski definition) is 3. The van der Waals surface area contributed by atoms with Gasteiger partial charge in [0.15, 0.2) is 0 Å². The SMILES string of the molecule is CCCCCCCCOC(=O)C(C)=CC=C(C)C(=O)O. The minimum atomic E-state index is -0.991. The highest BCUT2D eigenvalue weighted by Gasteiger charge is 2.05. The highest BCUT2D eigenvalue weighted by atomic mass is 16.5. The zero-order valence-corrected chi connectivity index (χ0v) is 12.8. The van der Waals surface area contributed by atoms with Gasteiger partial charge in [0.25, 0.3) is 0 Å². The van der Waals surface area contributed by atoms with Crippen molar-refractivity contribution < 1.29 is 19.4 Å². The van der Waals surface area contributed by atoms with Gasteiger partial charge in [-0.25, -0.2) is 9.59 Å². The summed E-state index contributed by atoms with van der Waals surface area (Å²) in [7, 11) is 0. The standard InChI is InChI=1S/C16H26O4/c1-4-5-6-7-8-9-12-20-16(19)14(3)11-10-13(2)15(17)18/h10-11H,4-9,12H2,1-3H3,(H,17,18). The summed E-state index contributed by atoms with van der Waals surface area (Å²) in [6, 6.07) is 0. The highest BCUT2D eigenvalue weighted by Crippen LogP contribution is 2.06. The van der Waals surface area contributed by atoms with E-state index in [0.29, 0.717) is 12.2 Å². The molecular weight excluding hydrogens is 256 g/mol. The molecule has 0 heterocycles. The lowest BCUT2D eigenvalue weighted by Gasteiger charge is -2.04. The molecular formula is C16H26O4. The molecule has 0 bridgehead atoms. The van der Waals surface area contributed by atoms with E-state index < -0.39 is 5.97 Å². The summed E-state index contributed by atoms with van der Waals surface area (Å²) < 4.78 is 5.12. The maximum Gasteiger partial charge on any atom is 0.333 e. The number of carboxylic acid groups (broad SMARTS) is 1. The van der Waals surface area contributed by atoms with Crippen molar-refractivity contribution in [3.63, 3.8) is 0 Å². The summed E-state index contributed by atoms with van der Waals surface area (Å²) in [5.74, 6) is -1.37. The number of rotatable bonds is 10. The minimum absolute atomic E-state index is 0.188. The predicted octanol–water partition coefficient (Wildman–Crippen LogP) is 3.87. The molecule has 0 aliphatic heterocycles. The molecule has 20 heavy (non-hydrogen) atoms. The third-order valence-electron chi connectivity index (χ3n) is 2.97. The van der Waals surface area contributed by atoms with Crippen LogP contribution in [-0.4, -0.2) is 23.7 Å². The lowest BCUT2D eigenvalue weighted by molar-refractivity contribution is -0.139. The molecule has 1 N–H and O–H groups in total. The maximum absolute atomic E-state index is 11.6. The Labute approximate surface area is 121 Å². The summed E-state index contributed by atoms with van der Waals surface area (Å²) in [5.41, 5.74) is 0.602. The van der Waals surface area contributed by atoms with Gasteiger partial charge in [-0.3, -0.25) is 0 Å². The second-order valence-corrected chi connectivity index (χ2v) is 4.91. The number of allylic oxidation sites excluding steroid dienone is 2. The second-order valence-electron chi connectivity index (χ2n) is 4.91. The minimum Gasteiger partial charge on any atom is -0.478 e. The molecule has 0 rings (SSSR count). The summed E-state index contributed by atoms with van der Waals surface area (Å²) in [6.07, 6.45) is 9.75. The van der Waals surface area contributed by atoms with Crippen molar-refractivity contribution in [2.24, 2.45) is 0 Å². The molecule has 0 aliphatic rings. The molecule has 0 fully saturated rings. The van der Waals surface area contributed by atoms with E-state index in [1.807, 2.05) is 0 Å². The number of carbonyl (C=O) groups is 2. The van der Waals surface area contributed by atoms with Crippen LogP contribution in [0.3, 0.4) is 0 Å². The van der Waals surface area contributed by atoms with Gasteiger partial charge in [-0.1, -0.05) is 51.2 Å². The lowest BCUT2D eigenvalue weighted by atomic mass is 10.1. The third-order valence-corrected chi connectivity index (χ3v) is 2.97. The van der Waals surface area contributed by atoms with Gasteiger partial charge in [0.05, 0.1) is 6.61 Å². The van der Waals surface area contributed by atoms with Crippen LogP contribution in [0.1, 0.15) is 59.3 Å². The van der Waals surface area contributed by atoms with E-state index in [1.165, 1.54) is 44.8 Å². The smallest absolute Gasteiger partial charge is 0.333 e. The number of hydrogen-bond donors (Lipinski definition) is 1. The predicted molar refractivity (Wildman–Crippen MR) is 79.5 cm³/mol. The average Bonchev–Trinajstić information content (AvgIpc) is 2.42. The number of esters is 1. The van der Waals surface area contributed by atoms with E-state index in [-0.39, 0.29) is 11.5 Å². The molecule has 0 saturated heterocycles. The van der Waals surface area contributed by atoms with Gasteiger partial charge in [-0.05, 0) is 20.3 Å². The van der Waals surface area contributed by atoms with Crippen molar-refractivity contribution in [2.45, 2.75) is 59.3 Å². The van der Waals surface area contributed by atoms with Gasteiger partial charge in [-0.2, -0.15) is 0 Å². The lowest BCUT2D eigenvalue weighted by Crippen LogP contribution is -2.07. The normalized spacial score (nSPS) is 12.3. The molecule has 0 saturated carbocycles. The van der Waals surface area contributed by atoms with Crippen molar-refractivity contribution in [2.75, 3.05) is 6.61 Å². The first-order valence-corrected chi connectivity index (χ1v) is 7.24. The van der Waals surface area contributed by atoms with Crippen LogP contribution in [0.2, 0.25) is 0 Å². The first-order chi connectivity index (χ1) is 9.49. The second kappa shape index (κ2) is 11.3. The van der Waals surface area contributed by atoms with Crippen LogP contribution >= 0.6 is 0 Å². The summed E-state index contributed by atoms with van der Waals surface area (Å²) in [5, 5.41) is 8.68. The van der Waals surface area contributed by atoms with Gasteiger partial charge >= 0.3 is 11.9 Å². The Morgan fingerprint density at radius 3 is 2.10 bits per heavy atom. The molecule has 0 radical (unpaired) electrons. The molecule has 0 aromatic carbocycles. The van der Waals surface area contributed by atoms with Crippen molar-refractivity contribution in [3.05, 3.63) is 23.3 Å². The molecule has 0 unspecified atom stereocenters. The number of carboxylic acids is 1. The largest absolute Gasteiger partial charge is 0.478 e. The Morgan fingerprint density at radius 1 is 0.950 bits per heavy atom. The molecule has 4 heteroatoms. The number of carbonyl (C=O) groups excluding carboxylic acids is 1. The summed E-state index contributed by atoms with van der Waals surface area (Å²) in [4.78, 5) is 22.2. The van der Waals surface area contributed by atoms with Crippen LogP contribution in [-0.2, 0) is 14.3 Å². The Kier molecular flexibility index (Phi) is 10.4. The summed E-state index contributed by atoms with van der Waals surface area (Å²) >= 11 is 0. The number of ether oxygens (including phenoxy) is 1. The number of unbranched alkanes of at least 4 members (excludes halogenated alkanes) is 5. The molecule has 0 aromatic rings. The fraction of sp³-hybridized carbons (Fsp3) is 0.625. The number of aliphatic carboxylic acids is 1. The van der Waals surface area contributed by atoms with E-state index in [1.54, 1.807) is 6.92 Å². The van der Waals surface area contributed by atoms with Crippen LogP contribution in [0.4, 0.5) is 0 Å². The molecule has 4 nitrogen and oxygen atoms in total. The molecule has 0 aromatic heterocycles. The zero-order chi connectivity index (χ0) is 15.4. The third kappa shape index (κ3) is 9.36. The van der Waals surface area contributed by atoms with Crippen molar-refractivity contribution in [3.8, 4) is 0 Å². The quantitative estimate of drug-likeness (QED) is 0.286. The zero-order valence-electron chi connectivity index (χ0n) is 12.8. The van der Waals surface area contributed by atoms with E-state index >= 15 is 0 Å². The van der Waals surface area contributed by atoms with E-state index in [0.717, 1.165) is 12.8 Å². The Morgan fingerprint density at radius 2 is 1.50 bits per heavy atom. The molecule has 0 spiro atoms. The van der Waals surface area contributed by atoms with Gasteiger partial charge in [0.2, 0.25) is 0 Å². The maximum atomic E-state index is 11.6.